The highest BCUT2D eigenvalue weighted by molar-refractivity contribution is 5.52. The minimum atomic E-state index is 0.568. The van der Waals surface area contributed by atoms with Crippen molar-refractivity contribution in [2.24, 2.45) is 0 Å². The number of para-hydroxylation sites is 2. The topological polar surface area (TPSA) is 35.2 Å². The van der Waals surface area contributed by atoms with E-state index in [1.807, 2.05) is 36.4 Å². The van der Waals surface area contributed by atoms with E-state index in [4.69, 9.17) is 10.5 Å². The summed E-state index contributed by atoms with van der Waals surface area (Å²) in [6.45, 7) is 0. The highest BCUT2D eigenvalue weighted by atomic mass is 16.5. The Labute approximate surface area is 82.9 Å². The van der Waals surface area contributed by atoms with E-state index in [1.54, 1.807) is 12.1 Å². The van der Waals surface area contributed by atoms with Gasteiger partial charge in [-0.3, -0.25) is 0 Å². The third-order valence-corrected chi connectivity index (χ3v) is 1.81. The Hall–Kier alpha value is -1.96. The predicted octanol–water partition coefficient (Wildman–Crippen LogP) is 2.86. The molecule has 0 aliphatic heterocycles. The van der Waals surface area contributed by atoms with Gasteiger partial charge in [0.15, 0.2) is 5.75 Å². The van der Waals surface area contributed by atoms with Gasteiger partial charge in [-0.2, -0.15) is 0 Å². The first kappa shape index (κ1) is 8.63. The molecule has 2 N–H and O–H groups in total. The molecular weight excluding hydrogens is 174 g/mol. The second-order valence-corrected chi connectivity index (χ2v) is 2.87. The Morgan fingerprint density at radius 1 is 1.00 bits per heavy atom. The third-order valence-electron chi connectivity index (χ3n) is 1.81. The van der Waals surface area contributed by atoms with E-state index >= 15 is 0 Å². The van der Waals surface area contributed by atoms with Gasteiger partial charge in [-0.1, -0.05) is 30.3 Å². The summed E-state index contributed by atoms with van der Waals surface area (Å²) < 4.78 is 5.53. The summed E-state index contributed by atoms with van der Waals surface area (Å²) in [5.41, 5.74) is 6.31. The molecule has 2 heteroatoms. The highest BCUT2D eigenvalue weighted by Gasteiger charge is 1.99. The van der Waals surface area contributed by atoms with E-state index in [9.17, 15) is 0 Å². The predicted molar refractivity (Wildman–Crippen MR) is 56.2 cm³/mol. The van der Waals surface area contributed by atoms with Crippen LogP contribution in [0.1, 0.15) is 0 Å². The van der Waals surface area contributed by atoms with E-state index < -0.39 is 0 Å². The number of rotatable bonds is 2. The average molecular weight is 184 g/mol. The van der Waals surface area contributed by atoms with Crippen LogP contribution in [0.15, 0.2) is 48.5 Å². The van der Waals surface area contributed by atoms with Gasteiger partial charge in [0.1, 0.15) is 5.75 Å². The molecule has 0 saturated carbocycles. The van der Waals surface area contributed by atoms with Crippen LogP contribution in [0.4, 0.5) is 5.69 Å². The lowest BCUT2D eigenvalue weighted by atomic mass is 10.3. The molecule has 0 fully saturated rings. The summed E-state index contributed by atoms with van der Waals surface area (Å²) >= 11 is 0. The lowest BCUT2D eigenvalue weighted by molar-refractivity contribution is 0.484. The number of benzene rings is 2. The van der Waals surface area contributed by atoms with Crippen molar-refractivity contribution in [2.75, 3.05) is 5.73 Å². The Morgan fingerprint density at radius 3 is 2.50 bits per heavy atom. The van der Waals surface area contributed by atoms with E-state index in [-0.39, 0.29) is 0 Å². The number of hydrogen-bond acceptors (Lipinski definition) is 2. The van der Waals surface area contributed by atoms with Gasteiger partial charge in [0, 0.05) is 6.07 Å². The standard InChI is InChI=1S/C12H10NO/c13-11-8-4-5-9-12(11)14-10-6-2-1-3-7-10/h1-8H,13H2. The first-order chi connectivity index (χ1) is 6.86. The molecule has 0 aromatic heterocycles. The van der Waals surface area contributed by atoms with Crippen molar-refractivity contribution in [3.8, 4) is 11.5 Å². The summed E-state index contributed by atoms with van der Waals surface area (Å²) in [4.78, 5) is 0. The largest absolute Gasteiger partial charge is 0.455 e. The molecule has 0 saturated heterocycles. The van der Waals surface area contributed by atoms with Gasteiger partial charge in [-0.15, -0.1) is 0 Å². The monoisotopic (exact) mass is 184 g/mol. The van der Waals surface area contributed by atoms with Gasteiger partial charge in [-0.25, -0.2) is 0 Å². The molecule has 0 aliphatic rings. The maximum atomic E-state index is 5.71. The molecule has 0 aliphatic carbocycles. The van der Waals surface area contributed by atoms with E-state index in [2.05, 4.69) is 6.07 Å². The minimum absolute atomic E-state index is 0.568. The van der Waals surface area contributed by atoms with Crippen LogP contribution >= 0.6 is 0 Å². The molecule has 2 rings (SSSR count). The zero-order valence-electron chi connectivity index (χ0n) is 7.60. The third kappa shape index (κ3) is 1.85. The summed E-state index contributed by atoms with van der Waals surface area (Å²) in [6.07, 6.45) is 0. The first-order valence-corrected chi connectivity index (χ1v) is 4.35. The molecule has 2 aromatic rings. The molecule has 2 nitrogen and oxygen atoms in total. The molecular formula is C12H10NO. The van der Waals surface area contributed by atoms with Crippen LogP contribution in [-0.4, -0.2) is 0 Å². The van der Waals surface area contributed by atoms with Gasteiger partial charge < -0.3 is 10.5 Å². The summed E-state index contributed by atoms with van der Waals surface area (Å²) in [5, 5.41) is 0. The van der Waals surface area contributed by atoms with Crippen molar-refractivity contribution in [2.45, 2.75) is 0 Å². The lowest BCUT2D eigenvalue weighted by Crippen LogP contribution is -1.91. The fourth-order valence-electron chi connectivity index (χ4n) is 1.13. The summed E-state index contributed by atoms with van der Waals surface area (Å²) in [6, 6.07) is 17.8. The lowest BCUT2D eigenvalue weighted by Gasteiger charge is -2.06. The van der Waals surface area contributed by atoms with E-state index in [0.717, 1.165) is 5.75 Å². The van der Waals surface area contributed by atoms with Gasteiger partial charge in [0.25, 0.3) is 0 Å². The SMILES string of the molecule is Nc1ccc[c]c1Oc1ccccc1. The molecule has 69 valence electrons. The average Bonchev–Trinajstić information content (AvgIpc) is 2.23. The fraction of sp³-hybridized carbons (Fsp3) is 0. The van der Waals surface area contributed by atoms with Crippen LogP contribution in [0.5, 0.6) is 11.5 Å². The van der Waals surface area contributed by atoms with Crippen molar-refractivity contribution in [1.82, 2.24) is 0 Å². The highest BCUT2D eigenvalue weighted by Crippen LogP contribution is 2.25. The van der Waals surface area contributed by atoms with E-state index in [1.165, 1.54) is 0 Å². The van der Waals surface area contributed by atoms with Crippen LogP contribution in [0.25, 0.3) is 0 Å². The fourth-order valence-corrected chi connectivity index (χ4v) is 1.13. The normalized spacial score (nSPS) is 9.71. The van der Waals surface area contributed by atoms with Crippen molar-refractivity contribution < 1.29 is 4.74 Å². The quantitative estimate of drug-likeness (QED) is 0.728. The number of hydrogen-bond donors (Lipinski definition) is 1. The number of nitrogens with two attached hydrogens (primary N) is 1. The number of nitrogen functional groups attached to an aromatic ring is 1. The van der Waals surface area contributed by atoms with Crippen LogP contribution in [0.3, 0.4) is 0 Å². The van der Waals surface area contributed by atoms with Crippen molar-refractivity contribution in [3.63, 3.8) is 0 Å². The molecule has 0 unspecified atom stereocenters. The summed E-state index contributed by atoms with van der Waals surface area (Å²) in [7, 11) is 0. The molecule has 0 bridgehead atoms. The van der Waals surface area contributed by atoms with Gasteiger partial charge in [0.05, 0.1) is 5.69 Å². The number of anilines is 1. The smallest absolute Gasteiger partial charge is 0.158 e. The van der Waals surface area contributed by atoms with Gasteiger partial charge in [-0.05, 0) is 18.2 Å². The van der Waals surface area contributed by atoms with Crippen molar-refractivity contribution in [1.29, 1.82) is 0 Å². The summed E-state index contributed by atoms with van der Waals surface area (Å²) in [5.74, 6) is 1.33. The van der Waals surface area contributed by atoms with Gasteiger partial charge >= 0.3 is 0 Å². The molecule has 0 heterocycles. The Morgan fingerprint density at radius 2 is 1.79 bits per heavy atom. The Bertz CT molecular complexity index is 412. The van der Waals surface area contributed by atoms with Gasteiger partial charge in [0.2, 0.25) is 0 Å². The second kappa shape index (κ2) is 3.83. The molecule has 0 spiro atoms. The molecule has 14 heavy (non-hydrogen) atoms. The van der Waals surface area contributed by atoms with Crippen LogP contribution in [0.2, 0.25) is 0 Å². The second-order valence-electron chi connectivity index (χ2n) is 2.87. The van der Waals surface area contributed by atoms with Crippen molar-refractivity contribution in [3.05, 3.63) is 54.6 Å². The number of ether oxygens (including phenoxy) is 1. The first-order valence-electron chi connectivity index (χ1n) is 4.35. The van der Waals surface area contributed by atoms with Crippen LogP contribution < -0.4 is 10.5 Å². The Kier molecular flexibility index (Phi) is 2.36. The zero-order chi connectivity index (χ0) is 9.80. The maximum absolute atomic E-state index is 5.71. The Balaban J connectivity index is 2.24. The molecule has 0 atom stereocenters. The van der Waals surface area contributed by atoms with Crippen LogP contribution in [0, 0.1) is 6.07 Å². The molecule has 1 radical (unpaired) electrons. The zero-order valence-corrected chi connectivity index (χ0v) is 7.60. The van der Waals surface area contributed by atoms with Crippen LogP contribution in [-0.2, 0) is 0 Å². The maximum Gasteiger partial charge on any atom is 0.158 e. The van der Waals surface area contributed by atoms with E-state index in [0.29, 0.717) is 11.4 Å². The van der Waals surface area contributed by atoms with Crippen molar-refractivity contribution >= 4 is 5.69 Å². The molecule has 2 aromatic carbocycles. The molecule has 0 amide bonds. The minimum Gasteiger partial charge on any atom is -0.455 e.